The Labute approximate surface area is 176 Å². The van der Waals surface area contributed by atoms with E-state index in [-0.39, 0.29) is 5.91 Å². The molecule has 3 aliphatic rings. The largest absolute Gasteiger partial charge is 0.356 e. The molecule has 0 N–H and O–H groups in total. The van der Waals surface area contributed by atoms with Crippen LogP contribution in [0.4, 0.5) is 5.82 Å². The summed E-state index contributed by atoms with van der Waals surface area (Å²) in [6, 6.07) is 1.05. The predicted molar refractivity (Wildman–Crippen MR) is 118 cm³/mol. The van der Waals surface area contributed by atoms with Crippen LogP contribution >= 0.6 is 11.3 Å². The van der Waals surface area contributed by atoms with E-state index in [1.165, 1.54) is 41.5 Å². The van der Waals surface area contributed by atoms with Gasteiger partial charge in [0.2, 0.25) is 5.91 Å². The molecule has 29 heavy (non-hydrogen) atoms. The zero-order valence-corrected chi connectivity index (χ0v) is 18.6. The zero-order valence-electron chi connectivity index (χ0n) is 17.8. The number of likely N-dealkylation sites (N-methyl/N-ethyl adjacent to an activating group) is 1. The zero-order chi connectivity index (χ0) is 20.1. The molecule has 0 aromatic carbocycles. The molecule has 0 spiro atoms. The van der Waals surface area contributed by atoms with Crippen LogP contribution < -0.4 is 4.90 Å². The number of amides is 1. The Bertz CT molecular complexity index is 935. The van der Waals surface area contributed by atoms with Gasteiger partial charge in [-0.1, -0.05) is 0 Å². The van der Waals surface area contributed by atoms with Crippen LogP contribution in [0.2, 0.25) is 0 Å². The Hall–Kier alpha value is -1.73. The molecule has 5 rings (SSSR count). The fraction of sp³-hybridized carbons (Fsp3) is 0.682. The summed E-state index contributed by atoms with van der Waals surface area (Å²) in [5, 5.41) is 1.27. The summed E-state index contributed by atoms with van der Waals surface area (Å²) in [5.74, 6) is 1.92. The van der Waals surface area contributed by atoms with Crippen LogP contribution in [-0.2, 0) is 24.1 Å². The summed E-state index contributed by atoms with van der Waals surface area (Å²) in [7, 11) is 6.35. The van der Waals surface area contributed by atoms with Crippen LogP contribution in [0.25, 0.3) is 10.2 Å². The third-order valence-corrected chi connectivity index (χ3v) is 8.01. The van der Waals surface area contributed by atoms with Gasteiger partial charge in [-0.05, 0) is 64.6 Å². The molecule has 3 heterocycles. The van der Waals surface area contributed by atoms with Crippen molar-refractivity contribution >= 4 is 33.3 Å². The Morgan fingerprint density at radius 3 is 2.62 bits per heavy atom. The van der Waals surface area contributed by atoms with E-state index in [9.17, 15) is 4.79 Å². The molecule has 1 saturated heterocycles. The van der Waals surface area contributed by atoms with Gasteiger partial charge in [0, 0.05) is 37.1 Å². The maximum atomic E-state index is 13.0. The van der Waals surface area contributed by atoms with Crippen LogP contribution in [-0.4, -0.2) is 72.0 Å². The average molecular weight is 414 g/mol. The lowest BCUT2D eigenvalue weighted by Crippen LogP contribution is -2.35. The van der Waals surface area contributed by atoms with Crippen molar-refractivity contribution in [2.75, 3.05) is 39.1 Å². The fourth-order valence-electron chi connectivity index (χ4n) is 4.79. The molecule has 0 bridgehead atoms. The summed E-state index contributed by atoms with van der Waals surface area (Å²) in [6.45, 7) is 1.66. The molecule has 1 aliphatic heterocycles. The molecule has 1 atom stereocenters. The second kappa shape index (κ2) is 7.51. The van der Waals surface area contributed by atoms with E-state index in [1.807, 2.05) is 16.2 Å². The second-order valence-electron chi connectivity index (χ2n) is 9.12. The third-order valence-electron chi connectivity index (χ3n) is 6.83. The number of aryl methyl sites for hydroxylation is 2. The summed E-state index contributed by atoms with van der Waals surface area (Å²) in [5.41, 5.74) is 1.48. The molecule has 0 unspecified atom stereocenters. The lowest BCUT2D eigenvalue weighted by atomic mass is 9.97. The molecule has 1 saturated carbocycles. The minimum absolute atomic E-state index is 0.162. The predicted octanol–water partition coefficient (Wildman–Crippen LogP) is 2.87. The maximum Gasteiger partial charge on any atom is 0.230 e. The average Bonchev–Trinajstić information content (AvgIpc) is 3.30. The number of rotatable bonds is 5. The van der Waals surface area contributed by atoms with Gasteiger partial charge in [0.15, 0.2) is 0 Å². The first-order valence-electron chi connectivity index (χ1n) is 11.0. The maximum absolute atomic E-state index is 13.0. The van der Waals surface area contributed by atoms with Crippen molar-refractivity contribution in [1.82, 2.24) is 19.8 Å². The van der Waals surface area contributed by atoms with Crippen molar-refractivity contribution in [3.8, 4) is 0 Å². The number of anilines is 1. The molecule has 2 aromatic rings. The summed E-state index contributed by atoms with van der Waals surface area (Å²) in [4.78, 5) is 31.9. The first-order valence-corrected chi connectivity index (χ1v) is 11.8. The Morgan fingerprint density at radius 2 is 1.90 bits per heavy atom. The van der Waals surface area contributed by atoms with Crippen molar-refractivity contribution in [1.29, 1.82) is 0 Å². The smallest absolute Gasteiger partial charge is 0.230 e. The van der Waals surface area contributed by atoms with Gasteiger partial charge in [-0.25, -0.2) is 9.97 Å². The van der Waals surface area contributed by atoms with Crippen molar-refractivity contribution < 1.29 is 4.79 Å². The van der Waals surface area contributed by atoms with Crippen LogP contribution in [0.15, 0.2) is 0 Å². The molecular weight excluding hydrogens is 382 g/mol. The first kappa shape index (κ1) is 19.2. The fourth-order valence-corrected chi connectivity index (χ4v) is 6.06. The molecule has 2 aromatic heterocycles. The molecule has 7 heteroatoms. The highest BCUT2D eigenvalue weighted by molar-refractivity contribution is 7.19. The van der Waals surface area contributed by atoms with E-state index in [0.29, 0.717) is 24.3 Å². The van der Waals surface area contributed by atoms with Gasteiger partial charge in [0.1, 0.15) is 16.5 Å². The Morgan fingerprint density at radius 1 is 1.10 bits per heavy atom. The molecule has 2 aliphatic carbocycles. The van der Waals surface area contributed by atoms with E-state index >= 15 is 0 Å². The highest BCUT2D eigenvalue weighted by Crippen LogP contribution is 2.41. The minimum Gasteiger partial charge on any atom is -0.356 e. The van der Waals surface area contributed by atoms with Gasteiger partial charge in [-0.3, -0.25) is 4.79 Å². The molecule has 6 nitrogen and oxygen atoms in total. The number of hydrogen-bond acceptors (Lipinski definition) is 6. The molecule has 156 valence electrons. The number of fused-ring (bicyclic) bond motifs is 3. The standard InChI is InChI=1S/C22H31N5OS/c1-25(2)15-10-11-27(13-15)19(28)12-18-23-21(26(3)14-8-9-14)20-16-6-4-5-7-17(16)29-22(20)24-18/h14-15H,4-13H2,1-3H3/t15-/m0/s1. The molecule has 0 radical (unpaired) electrons. The number of thiophene rings is 1. The quantitative estimate of drug-likeness (QED) is 0.754. The number of hydrogen-bond donors (Lipinski definition) is 0. The van der Waals surface area contributed by atoms with Crippen molar-refractivity contribution in [2.24, 2.45) is 0 Å². The lowest BCUT2D eigenvalue weighted by molar-refractivity contribution is -0.129. The van der Waals surface area contributed by atoms with Crippen LogP contribution in [0.1, 0.15) is 48.4 Å². The summed E-state index contributed by atoms with van der Waals surface area (Å²) >= 11 is 1.83. The van der Waals surface area contributed by atoms with Gasteiger partial charge in [0.05, 0.1) is 11.8 Å². The third kappa shape index (κ3) is 3.63. The number of likely N-dealkylation sites (tertiary alicyclic amines) is 1. The monoisotopic (exact) mass is 413 g/mol. The summed E-state index contributed by atoms with van der Waals surface area (Å²) in [6.07, 6.45) is 8.67. The molecular formula is C22H31N5OS. The van der Waals surface area contributed by atoms with E-state index < -0.39 is 0 Å². The van der Waals surface area contributed by atoms with E-state index in [0.717, 1.165) is 43.0 Å². The van der Waals surface area contributed by atoms with Crippen LogP contribution in [0.3, 0.4) is 0 Å². The van der Waals surface area contributed by atoms with Crippen molar-refractivity contribution in [3.63, 3.8) is 0 Å². The second-order valence-corrected chi connectivity index (χ2v) is 10.2. The van der Waals surface area contributed by atoms with Crippen LogP contribution in [0.5, 0.6) is 0 Å². The van der Waals surface area contributed by atoms with Gasteiger partial charge in [-0.2, -0.15) is 0 Å². The van der Waals surface area contributed by atoms with Crippen molar-refractivity contribution in [2.45, 2.75) is 63.5 Å². The van der Waals surface area contributed by atoms with Gasteiger partial charge in [-0.15, -0.1) is 11.3 Å². The van der Waals surface area contributed by atoms with Gasteiger partial charge >= 0.3 is 0 Å². The minimum atomic E-state index is 0.162. The molecule has 1 amide bonds. The van der Waals surface area contributed by atoms with E-state index in [1.54, 1.807) is 0 Å². The first-order chi connectivity index (χ1) is 14.0. The molecule has 2 fully saturated rings. The van der Waals surface area contributed by atoms with Crippen LogP contribution in [0, 0.1) is 0 Å². The Kier molecular flexibility index (Phi) is 4.98. The topological polar surface area (TPSA) is 52.6 Å². The SMILES string of the molecule is CN(c1nc(CC(=O)N2CC[C@H](N(C)C)C2)nc2sc3c(c12)CCCC3)C1CC1. The summed E-state index contributed by atoms with van der Waals surface area (Å²) < 4.78 is 0. The number of nitrogens with zero attached hydrogens (tertiary/aromatic N) is 5. The van der Waals surface area contributed by atoms with Gasteiger partial charge < -0.3 is 14.7 Å². The Balaban J connectivity index is 1.46. The van der Waals surface area contributed by atoms with E-state index in [4.69, 9.17) is 9.97 Å². The van der Waals surface area contributed by atoms with E-state index in [2.05, 4.69) is 30.9 Å². The van der Waals surface area contributed by atoms with Crippen molar-refractivity contribution in [3.05, 3.63) is 16.3 Å². The van der Waals surface area contributed by atoms with Gasteiger partial charge in [0.25, 0.3) is 0 Å². The normalized spacial score (nSPS) is 21.8. The highest BCUT2D eigenvalue weighted by Gasteiger charge is 2.32. The number of aromatic nitrogens is 2. The highest BCUT2D eigenvalue weighted by atomic mass is 32.1. The number of carbonyl (C=O) groups is 1. The number of carbonyl (C=O) groups excluding carboxylic acids is 1. The lowest BCUT2D eigenvalue weighted by Gasteiger charge is -2.22.